The highest BCUT2D eigenvalue weighted by Gasteiger charge is 2.17. The summed E-state index contributed by atoms with van der Waals surface area (Å²) in [5.41, 5.74) is 5.60. The number of nitrogens with one attached hydrogen (secondary N) is 1. The first-order chi connectivity index (χ1) is 23.6. The molecule has 0 bridgehead atoms. The third-order valence-corrected chi connectivity index (χ3v) is 9.85. The van der Waals surface area contributed by atoms with Crippen molar-refractivity contribution in [2.24, 2.45) is 5.73 Å². The Morgan fingerprint density at radius 2 is 0.729 bits per heavy atom. The fraction of sp³-hybridized carbons (Fsp3) is 0.864. The second-order valence-corrected chi connectivity index (χ2v) is 14.7. The smallest absolute Gasteiger partial charge is 0.239 e. The molecule has 0 radical (unpaired) electrons. The van der Waals surface area contributed by atoms with E-state index in [0.717, 1.165) is 25.7 Å². The van der Waals surface area contributed by atoms with Gasteiger partial charge in [0.2, 0.25) is 11.8 Å². The van der Waals surface area contributed by atoms with Crippen LogP contribution in [0.5, 0.6) is 0 Å². The lowest BCUT2D eigenvalue weighted by atomic mass is 10.0. The highest BCUT2D eigenvalue weighted by atomic mass is 16.2. The van der Waals surface area contributed by atoms with Crippen LogP contribution >= 0.6 is 0 Å². The van der Waals surface area contributed by atoms with E-state index >= 15 is 0 Å². The second kappa shape index (κ2) is 39.9. The Balaban J connectivity index is 3.53. The standard InChI is InChI=1S/C44H84N2O2/c1-3-5-7-9-11-13-15-17-19-21-23-25-27-29-31-33-35-37-39-41-43(47)46-42(44(45)48)40-38-36-34-32-30-28-26-24-22-20-18-16-14-12-10-8-6-4-2/h17-20,42H,3-16,21-41H2,1-2H3,(H2,45,48)(H,46,47)/b19-17-,20-18?. The minimum atomic E-state index is -0.512. The first-order valence-corrected chi connectivity index (χ1v) is 21.5. The lowest BCUT2D eigenvalue weighted by Crippen LogP contribution is -2.44. The van der Waals surface area contributed by atoms with Crippen molar-refractivity contribution >= 4 is 11.8 Å². The zero-order chi connectivity index (χ0) is 35.0. The van der Waals surface area contributed by atoms with Crippen LogP contribution in [0.2, 0.25) is 0 Å². The predicted octanol–water partition coefficient (Wildman–Crippen LogP) is 13.8. The maximum atomic E-state index is 12.4. The molecule has 4 nitrogen and oxygen atoms in total. The number of carbonyl (C=O) groups excluding carboxylic acids is 2. The van der Waals surface area contributed by atoms with Crippen molar-refractivity contribution < 1.29 is 9.59 Å². The maximum Gasteiger partial charge on any atom is 0.239 e. The molecule has 0 aliphatic carbocycles. The van der Waals surface area contributed by atoms with Crippen molar-refractivity contribution in [3.63, 3.8) is 0 Å². The van der Waals surface area contributed by atoms with E-state index in [4.69, 9.17) is 5.73 Å². The van der Waals surface area contributed by atoms with Crippen LogP contribution in [0.25, 0.3) is 0 Å². The van der Waals surface area contributed by atoms with Crippen molar-refractivity contribution in [1.29, 1.82) is 0 Å². The van der Waals surface area contributed by atoms with Gasteiger partial charge in [-0.05, 0) is 64.2 Å². The lowest BCUT2D eigenvalue weighted by Gasteiger charge is -2.15. The number of amides is 2. The number of allylic oxidation sites excluding steroid dienone is 4. The van der Waals surface area contributed by atoms with Crippen molar-refractivity contribution in [3.05, 3.63) is 24.3 Å². The number of primary amides is 1. The molecule has 0 aromatic heterocycles. The number of hydrogen-bond acceptors (Lipinski definition) is 2. The van der Waals surface area contributed by atoms with Gasteiger partial charge >= 0.3 is 0 Å². The average Bonchev–Trinajstić information content (AvgIpc) is 3.08. The molecule has 3 N–H and O–H groups in total. The van der Waals surface area contributed by atoms with Crippen molar-refractivity contribution in [3.8, 4) is 0 Å². The van der Waals surface area contributed by atoms with Gasteiger partial charge in [-0.15, -0.1) is 0 Å². The first-order valence-electron chi connectivity index (χ1n) is 21.5. The fourth-order valence-corrected chi connectivity index (χ4v) is 6.56. The molecule has 0 aliphatic rings. The topological polar surface area (TPSA) is 72.2 Å². The minimum absolute atomic E-state index is 0.0166. The summed E-state index contributed by atoms with van der Waals surface area (Å²) < 4.78 is 0. The molecule has 4 heteroatoms. The Kier molecular flexibility index (Phi) is 38.5. The normalized spacial score (nSPS) is 12.4. The van der Waals surface area contributed by atoms with Crippen LogP contribution in [-0.4, -0.2) is 17.9 Å². The molecule has 0 fully saturated rings. The van der Waals surface area contributed by atoms with Gasteiger partial charge < -0.3 is 11.1 Å². The minimum Gasteiger partial charge on any atom is -0.368 e. The van der Waals surface area contributed by atoms with E-state index < -0.39 is 11.9 Å². The van der Waals surface area contributed by atoms with Crippen LogP contribution < -0.4 is 11.1 Å². The summed E-state index contributed by atoms with van der Waals surface area (Å²) in [5, 5.41) is 2.91. The maximum absolute atomic E-state index is 12.4. The largest absolute Gasteiger partial charge is 0.368 e. The van der Waals surface area contributed by atoms with Crippen molar-refractivity contribution in [2.75, 3.05) is 0 Å². The van der Waals surface area contributed by atoms with Crippen LogP contribution in [-0.2, 0) is 9.59 Å². The Morgan fingerprint density at radius 3 is 1.06 bits per heavy atom. The van der Waals surface area contributed by atoms with Crippen molar-refractivity contribution in [1.82, 2.24) is 5.32 Å². The predicted molar refractivity (Wildman–Crippen MR) is 212 cm³/mol. The van der Waals surface area contributed by atoms with E-state index in [2.05, 4.69) is 43.5 Å². The van der Waals surface area contributed by atoms with Crippen LogP contribution in [0.4, 0.5) is 0 Å². The summed E-state index contributed by atoms with van der Waals surface area (Å²) >= 11 is 0. The Hall–Kier alpha value is -1.58. The molecule has 0 saturated carbocycles. The van der Waals surface area contributed by atoms with Gasteiger partial charge in [0, 0.05) is 6.42 Å². The van der Waals surface area contributed by atoms with Crippen molar-refractivity contribution in [2.45, 2.75) is 245 Å². The summed E-state index contributed by atoms with van der Waals surface area (Å²) in [5.74, 6) is -0.411. The zero-order valence-electron chi connectivity index (χ0n) is 32.5. The zero-order valence-corrected chi connectivity index (χ0v) is 32.5. The summed E-state index contributed by atoms with van der Waals surface area (Å²) in [6.07, 6.45) is 53.2. The molecule has 0 heterocycles. The summed E-state index contributed by atoms with van der Waals surface area (Å²) in [4.78, 5) is 24.3. The van der Waals surface area contributed by atoms with Gasteiger partial charge in [0.15, 0.2) is 0 Å². The molecule has 0 aromatic carbocycles. The molecule has 0 aliphatic heterocycles. The number of nitrogens with two attached hydrogens (primary N) is 1. The van der Waals surface area contributed by atoms with E-state index in [1.165, 1.54) is 186 Å². The Morgan fingerprint density at radius 1 is 0.438 bits per heavy atom. The van der Waals surface area contributed by atoms with Crippen LogP contribution in [0.15, 0.2) is 24.3 Å². The summed E-state index contributed by atoms with van der Waals surface area (Å²) in [7, 11) is 0. The third-order valence-electron chi connectivity index (χ3n) is 9.85. The second-order valence-electron chi connectivity index (χ2n) is 14.7. The highest BCUT2D eigenvalue weighted by molar-refractivity contribution is 5.86. The molecule has 1 unspecified atom stereocenters. The van der Waals surface area contributed by atoms with Gasteiger partial charge in [-0.25, -0.2) is 0 Å². The SMILES string of the molecule is CCCCCCCCC=CCCCCCCCCCCC(NC(=O)CCCCCCCCCCC/C=C\CCCCCCCC)C(N)=O. The number of hydrogen-bond donors (Lipinski definition) is 2. The molecule has 48 heavy (non-hydrogen) atoms. The lowest BCUT2D eigenvalue weighted by molar-refractivity contribution is -0.127. The first kappa shape index (κ1) is 46.4. The molecule has 0 aromatic rings. The molecular formula is C44H84N2O2. The van der Waals surface area contributed by atoms with Crippen LogP contribution in [0.1, 0.15) is 239 Å². The van der Waals surface area contributed by atoms with Gasteiger partial charge in [-0.1, -0.05) is 192 Å². The van der Waals surface area contributed by atoms with E-state index in [-0.39, 0.29) is 5.91 Å². The number of carbonyl (C=O) groups is 2. The quantitative estimate of drug-likeness (QED) is 0.0504. The fourth-order valence-electron chi connectivity index (χ4n) is 6.56. The highest BCUT2D eigenvalue weighted by Crippen LogP contribution is 2.15. The number of unbranched alkanes of at least 4 members (excludes halogenated alkanes) is 29. The van der Waals surface area contributed by atoms with Gasteiger partial charge in [-0.2, -0.15) is 0 Å². The van der Waals surface area contributed by atoms with Gasteiger partial charge in [0.25, 0.3) is 0 Å². The molecule has 282 valence electrons. The molecule has 2 amide bonds. The van der Waals surface area contributed by atoms with E-state index in [9.17, 15) is 9.59 Å². The van der Waals surface area contributed by atoms with Gasteiger partial charge in [0.05, 0.1) is 0 Å². The van der Waals surface area contributed by atoms with E-state index in [1.54, 1.807) is 0 Å². The van der Waals surface area contributed by atoms with E-state index in [1.807, 2.05) is 0 Å². The van der Waals surface area contributed by atoms with Gasteiger partial charge in [0.1, 0.15) is 6.04 Å². The van der Waals surface area contributed by atoms with Gasteiger partial charge in [-0.3, -0.25) is 9.59 Å². The molecule has 0 rings (SSSR count). The number of rotatable bonds is 39. The monoisotopic (exact) mass is 673 g/mol. The third kappa shape index (κ3) is 37.2. The summed E-state index contributed by atoms with van der Waals surface area (Å²) in [6, 6.07) is -0.512. The van der Waals surface area contributed by atoms with Crippen LogP contribution in [0, 0.1) is 0 Å². The Labute approximate surface area is 300 Å². The van der Waals surface area contributed by atoms with Crippen LogP contribution in [0.3, 0.4) is 0 Å². The molecule has 0 saturated heterocycles. The molecule has 1 atom stereocenters. The Bertz CT molecular complexity index is 731. The molecular weight excluding hydrogens is 588 g/mol. The summed E-state index contributed by atoms with van der Waals surface area (Å²) in [6.45, 7) is 4.55. The van der Waals surface area contributed by atoms with E-state index in [0.29, 0.717) is 12.8 Å². The molecule has 0 spiro atoms. The average molecular weight is 673 g/mol.